The van der Waals surface area contributed by atoms with E-state index in [9.17, 15) is 9.90 Å². The van der Waals surface area contributed by atoms with Gasteiger partial charge in [0.25, 0.3) is 0 Å². The minimum absolute atomic E-state index is 0.0761. The van der Waals surface area contributed by atoms with Crippen LogP contribution in [0.25, 0.3) is 0 Å². The Morgan fingerprint density at radius 2 is 2.08 bits per heavy atom. The van der Waals surface area contributed by atoms with Crippen LogP contribution in [0.2, 0.25) is 0 Å². The minimum Gasteiger partial charge on any atom is -0.497 e. The molecule has 0 amide bonds. The van der Waals surface area contributed by atoms with E-state index in [2.05, 4.69) is 4.98 Å². The van der Waals surface area contributed by atoms with Gasteiger partial charge in [0, 0.05) is 36.6 Å². The largest absolute Gasteiger partial charge is 0.497 e. The smallest absolute Gasteiger partial charge is 0.336 e. The normalized spacial score (nSPS) is 12.0. The number of benzene rings is 1. The summed E-state index contributed by atoms with van der Waals surface area (Å²) in [4.78, 5) is 17.8. The van der Waals surface area contributed by atoms with Crippen LogP contribution in [0.3, 0.4) is 0 Å². The molecule has 0 radical (unpaired) electrons. The van der Waals surface area contributed by atoms with Gasteiger partial charge in [-0.3, -0.25) is 9.88 Å². The maximum absolute atomic E-state index is 11.6. The minimum atomic E-state index is -1.01. The van der Waals surface area contributed by atoms with Crippen molar-refractivity contribution >= 4 is 5.97 Å². The molecule has 0 bridgehead atoms. The van der Waals surface area contributed by atoms with E-state index in [0.29, 0.717) is 23.6 Å². The molecule has 2 aromatic rings. The van der Waals surface area contributed by atoms with E-state index in [-0.39, 0.29) is 11.6 Å². The highest BCUT2D eigenvalue weighted by Crippen LogP contribution is 2.31. The number of rotatable bonds is 7. The van der Waals surface area contributed by atoms with Gasteiger partial charge in [-0.2, -0.15) is 0 Å². The lowest BCUT2D eigenvalue weighted by molar-refractivity contribution is 0.0693. The number of nitrogens with zero attached hydrogens (tertiary/aromatic N) is 2. The summed E-state index contributed by atoms with van der Waals surface area (Å²) in [6.45, 7) is 2.47. The van der Waals surface area contributed by atoms with Crippen LogP contribution in [0.4, 0.5) is 0 Å². The molecule has 0 unspecified atom stereocenters. The molecule has 1 heterocycles. The van der Waals surface area contributed by atoms with Crippen molar-refractivity contribution in [2.24, 2.45) is 0 Å². The van der Waals surface area contributed by atoms with Crippen LogP contribution in [0.1, 0.15) is 34.5 Å². The average Bonchev–Trinajstić information content (AvgIpc) is 2.61. The average molecular weight is 330 g/mol. The second kappa shape index (κ2) is 7.79. The zero-order valence-corrected chi connectivity index (χ0v) is 14.3. The van der Waals surface area contributed by atoms with E-state index in [1.807, 2.05) is 37.2 Å². The maximum Gasteiger partial charge on any atom is 0.336 e. The Kier molecular flexibility index (Phi) is 5.76. The number of methoxy groups -OCH3 is 2. The molecular weight excluding hydrogens is 308 g/mol. The second-order valence-corrected chi connectivity index (χ2v) is 5.54. The highest BCUT2D eigenvalue weighted by Gasteiger charge is 2.21. The zero-order chi connectivity index (χ0) is 17.7. The topological polar surface area (TPSA) is 71.9 Å². The predicted molar refractivity (Wildman–Crippen MR) is 90.6 cm³/mol. The molecule has 0 fully saturated rings. The lowest BCUT2D eigenvalue weighted by atomic mass is 10.0. The van der Waals surface area contributed by atoms with Crippen LogP contribution in [-0.2, 0) is 6.54 Å². The van der Waals surface area contributed by atoms with Crippen LogP contribution < -0.4 is 9.47 Å². The number of aromatic nitrogens is 1. The van der Waals surface area contributed by atoms with E-state index in [0.717, 1.165) is 5.56 Å². The van der Waals surface area contributed by atoms with Crippen molar-refractivity contribution < 1.29 is 19.4 Å². The number of hydrogen-bond acceptors (Lipinski definition) is 5. The molecule has 0 spiro atoms. The van der Waals surface area contributed by atoms with Crippen LogP contribution in [0.5, 0.6) is 11.5 Å². The lowest BCUT2D eigenvalue weighted by Crippen LogP contribution is -2.23. The van der Waals surface area contributed by atoms with E-state index >= 15 is 0 Å². The van der Waals surface area contributed by atoms with Gasteiger partial charge < -0.3 is 14.6 Å². The van der Waals surface area contributed by atoms with Gasteiger partial charge in [-0.15, -0.1) is 0 Å². The van der Waals surface area contributed by atoms with Crippen molar-refractivity contribution in [1.82, 2.24) is 9.88 Å². The summed E-state index contributed by atoms with van der Waals surface area (Å²) in [7, 11) is 4.96. The van der Waals surface area contributed by atoms with Gasteiger partial charge in [0.1, 0.15) is 11.5 Å². The molecule has 0 saturated heterocycles. The summed E-state index contributed by atoms with van der Waals surface area (Å²) in [6, 6.07) is 7.17. The Bertz CT molecular complexity index is 704. The fourth-order valence-electron chi connectivity index (χ4n) is 2.54. The van der Waals surface area contributed by atoms with Gasteiger partial charge >= 0.3 is 5.97 Å². The van der Waals surface area contributed by atoms with Gasteiger partial charge in [-0.1, -0.05) is 6.07 Å². The third-order valence-corrected chi connectivity index (χ3v) is 4.10. The zero-order valence-electron chi connectivity index (χ0n) is 14.3. The van der Waals surface area contributed by atoms with Gasteiger partial charge in [0.05, 0.1) is 19.8 Å². The Morgan fingerprint density at radius 1 is 1.33 bits per heavy atom. The van der Waals surface area contributed by atoms with Crippen molar-refractivity contribution in [2.75, 3.05) is 21.3 Å². The lowest BCUT2D eigenvalue weighted by Gasteiger charge is -2.26. The van der Waals surface area contributed by atoms with E-state index in [1.165, 1.54) is 20.3 Å². The molecule has 24 heavy (non-hydrogen) atoms. The maximum atomic E-state index is 11.6. The van der Waals surface area contributed by atoms with Gasteiger partial charge in [-0.25, -0.2) is 4.79 Å². The molecule has 2 rings (SSSR count). The van der Waals surface area contributed by atoms with Crippen molar-refractivity contribution in [1.29, 1.82) is 0 Å². The second-order valence-electron chi connectivity index (χ2n) is 5.54. The van der Waals surface area contributed by atoms with Gasteiger partial charge in [0.15, 0.2) is 0 Å². The number of pyridine rings is 1. The summed E-state index contributed by atoms with van der Waals surface area (Å²) in [5.74, 6) is -0.0578. The highest BCUT2D eigenvalue weighted by atomic mass is 16.5. The SMILES string of the molecule is COc1cc(OC)c(CN(C)[C@@H](C)c2cccnc2)c(C(=O)O)c1. The van der Waals surface area contributed by atoms with E-state index < -0.39 is 5.97 Å². The Balaban J connectivity index is 2.35. The van der Waals surface area contributed by atoms with Crippen LogP contribution in [0, 0.1) is 0 Å². The molecule has 0 saturated carbocycles. The summed E-state index contributed by atoms with van der Waals surface area (Å²) in [5, 5.41) is 9.53. The summed E-state index contributed by atoms with van der Waals surface area (Å²) in [5.41, 5.74) is 1.85. The first-order valence-electron chi connectivity index (χ1n) is 7.56. The predicted octanol–water partition coefficient (Wildman–Crippen LogP) is 2.99. The van der Waals surface area contributed by atoms with E-state index in [4.69, 9.17) is 9.47 Å². The molecule has 6 nitrogen and oxygen atoms in total. The van der Waals surface area contributed by atoms with Crippen molar-refractivity contribution in [3.8, 4) is 11.5 Å². The van der Waals surface area contributed by atoms with Gasteiger partial charge in [-0.05, 0) is 31.7 Å². The molecule has 1 N–H and O–H groups in total. The number of carboxylic acids is 1. The van der Waals surface area contributed by atoms with Crippen molar-refractivity contribution in [3.05, 3.63) is 53.3 Å². The summed E-state index contributed by atoms with van der Waals surface area (Å²) >= 11 is 0. The molecule has 1 aromatic carbocycles. The summed E-state index contributed by atoms with van der Waals surface area (Å²) in [6.07, 6.45) is 3.54. The molecule has 128 valence electrons. The fraction of sp³-hybridized carbons (Fsp3) is 0.333. The summed E-state index contributed by atoms with van der Waals surface area (Å²) < 4.78 is 10.5. The van der Waals surface area contributed by atoms with E-state index in [1.54, 1.807) is 12.3 Å². The number of hydrogen-bond donors (Lipinski definition) is 1. The van der Waals surface area contributed by atoms with Crippen molar-refractivity contribution in [2.45, 2.75) is 19.5 Å². The third-order valence-electron chi connectivity index (χ3n) is 4.10. The first-order valence-corrected chi connectivity index (χ1v) is 7.56. The van der Waals surface area contributed by atoms with Crippen LogP contribution in [-0.4, -0.2) is 42.2 Å². The standard InChI is InChI=1S/C18H22N2O4/c1-12(13-6-5-7-19-10-13)20(2)11-16-15(18(21)22)8-14(23-3)9-17(16)24-4/h5-10,12H,11H2,1-4H3,(H,21,22)/t12-/m0/s1. The third kappa shape index (κ3) is 3.83. The number of carboxylic acid groups (broad SMARTS) is 1. The van der Waals surface area contributed by atoms with Crippen LogP contribution >= 0.6 is 0 Å². The Labute approximate surface area is 141 Å². The quantitative estimate of drug-likeness (QED) is 0.841. The fourth-order valence-corrected chi connectivity index (χ4v) is 2.54. The molecule has 1 aromatic heterocycles. The van der Waals surface area contributed by atoms with Crippen molar-refractivity contribution in [3.63, 3.8) is 0 Å². The number of ether oxygens (including phenoxy) is 2. The monoisotopic (exact) mass is 330 g/mol. The first kappa shape index (κ1) is 17.7. The molecule has 0 aliphatic carbocycles. The number of aromatic carboxylic acids is 1. The molecular formula is C18H22N2O4. The molecule has 0 aliphatic heterocycles. The molecule has 1 atom stereocenters. The highest BCUT2D eigenvalue weighted by molar-refractivity contribution is 5.91. The Morgan fingerprint density at radius 3 is 2.62 bits per heavy atom. The molecule has 6 heteroatoms. The van der Waals surface area contributed by atoms with Gasteiger partial charge in [0.2, 0.25) is 0 Å². The number of carbonyl (C=O) groups is 1. The van der Waals surface area contributed by atoms with Crippen LogP contribution in [0.15, 0.2) is 36.7 Å². The first-order chi connectivity index (χ1) is 11.5. The molecule has 0 aliphatic rings. The Hall–Kier alpha value is -2.60.